The Bertz CT molecular complexity index is 450. The van der Waals surface area contributed by atoms with Crippen molar-refractivity contribution in [1.82, 2.24) is 0 Å². The fourth-order valence-corrected chi connectivity index (χ4v) is 1.69. The second kappa shape index (κ2) is 3.14. The van der Waals surface area contributed by atoms with Crippen molar-refractivity contribution in [2.24, 2.45) is 15.4 Å². The summed E-state index contributed by atoms with van der Waals surface area (Å²) in [6.07, 6.45) is 0. The van der Waals surface area contributed by atoms with E-state index in [2.05, 4.69) is 9.98 Å². The molecule has 0 bridgehead atoms. The molecule has 1 radical (unpaired) electrons. The van der Waals surface area contributed by atoms with Crippen LogP contribution in [0.25, 0.3) is 0 Å². The molecule has 0 atom stereocenters. The number of nitrogens with zero attached hydrogens (tertiary/aromatic N) is 2. The molecule has 0 aliphatic carbocycles. The van der Waals surface area contributed by atoms with Gasteiger partial charge in [0.25, 0.3) is 0 Å². The molecule has 0 spiro atoms. The summed E-state index contributed by atoms with van der Waals surface area (Å²) in [5.74, 6) is 0. The van der Waals surface area contributed by atoms with Crippen molar-refractivity contribution in [2.75, 3.05) is 6.61 Å². The highest BCUT2D eigenvalue weighted by Gasteiger charge is 2.43. The van der Waals surface area contributed by atoms with Crippen LogP contribution in [0.5, 0.6) is 0 Å². The van der Waals surface area contributed by atoms with Gasteiger partial charge < -0.3 is 0 Å². The van der Waals surface area contributed by atoms with E-state index in [0.717, 1.165) is 10.7 Å². The summed E-state index contributed by atoms with van der Waals surface area (Å²) >= 11 is 0. The van der Waals surface area contributed by atoms with Gasteiger partial charge in [-0.2, -0.15) is 0 Å². The Hall–Kier alpha value is -1.22. The summed E-state index contributed by atoms with van der Waals surface area (Å²) < 4.78 is 0. The Kier molecular flexibility index (Phi) is 2.15. The lowest BCUT2D eigenvalue weighted by molar-refractivity contribution is 0.0592. The van der Waals surface area contributed by atoms with Gasteiger partial charge in [0.05, 0.1) is 10.7 Å². The molecule has 1 aliphatic heterocycles. The zero-order chi connectivity index (χ0) is 11.1. The molecule has 1 aliphatic rings. The van der Waals surface area contributed by atoms with E-state index < -0.39 is 5.66 Å². The Morgan fingerprint density at radius 2 is 1.60 bits per heavy atom. The van der Waals surface area contributed by atoms with E-state index in [1.807, 2.05) is 45.0 Å². The molecule has 0 saturated carbocycles. The minimum Gasteiger partial charge on any atom is -0.250 e. The zero-order valence-corrected chi connectivity index (χ0v) is 9.32. The molecule has 3 heteroatoms. The van der Waals surface area contributed by atoms with Gasteiger partial charge in [-0.05, 0) is 12.1 Å². The molecule has 1 heterocycles. The van der Waals surface area contributed by atoms with E-state index in [1.165, 1.54) is 0 Å². The lowest BCUT2D eigenvalue weighted by Crippen LogP contribution is -2.42. The lowest BCUT2D eigenvalue weighted by Gasteiger charge is -2.33. The average Bonchev–Trinajstić information content (AvgIpc) is 2.56. The SMILES string of the molecule is CC(C)(C)C1(C[O])N=c2ccccc2=N1. The standard InChI is InChI=1S/C12H15N2O/c1-11(2,3)12(8-15)13-9-6-4-5-7-10(9)14-12/h4-7H,8H2,1-3H3. The Morgan fingerprint density at radius 3 is 1.93 bits per heavy atom. The van der Waals surface area contributed by atoms with Crippen LogP contribution in [0, 0.1) is 5.41 Å². The molecular formula is C12H15N2O. The van der Waals surface area contributed by atoms with Crippen molar-refractivity contribution in [2.45, 2.75) is 26.4 Å². The maximum Gasteiger partial charge on any atom is 0.182 e. The van der Waals surface area contributed by atoms with Crippen molar-refractivity contribution in [3.05, 3.63) is 35.0 Å². The van der Waals surface area contributed by atoms with Crippen LogP contribution in [0.4, 0.5) is 0 Å². The molecule has 0 saturated heterocycles. The second-order valence-corrected chi connectivity index (χ2v) is 4.92. The first-order valence-corrected chi connectivity index (χ1v) is 5.11. The number of rotatable bonds is 1. The molecule has 0 fully saturated rings. The predicted molar refractivity (Wildman–Crippen MR) is 56.5 cm³/mol. The quantitative estimate of drug-likeness (QED) is 0.656. The van der Waals surface area contributed by atoms with Crippen LogP contribution in [0.2, 0.25) is 0 Å². The molecule has 3 nitrogen and oxygen atoms in total. The first-order valence-electron chi connectivity index (χ1n) is 5.11. The summed E-state index contributed by atoms with van der Waals surface area (Å²) in [5, 5.41) is 13.1. The van der Waals surface area contributed by atoms with E-state index >= 15 is 0 Å². The third-order valence-corrected chi connectivity index (χ3v) is 2.89. The van der Waals surface area contributed by atoms with Gasteiger partial charge in [0.2, 0.25) is 0 Å². The Labute approximate surface area is 89.2 Å². The minimum atomic E-state index is -0.823. The lowest BCUT2D eigenvalue weighted by atomic mass is 9.82. The minimum absolute atomic E-state index is 0.242. The summed E-state index contributed by atoms with van der Waals surface area (Å²) in [7, 11) is 0. The van der Waals surface area contributed by atoms with Crippen molar-refractivity contribution in [1.29, 1.82) is 0 Å². The van der Waals surface area contributed by atoms with E-state index in [4.69, 9.17) is 0 Å². The van der Waals surface area contributed by atoms with Gasteiger partial charge >= 0.3 is 0 Å². The van der Waals surface area contributed by atoms with Gasteiger partial charge in [0.1, 0.15) is 6.61 Å². The first kappa shape index (κ1) is 10.3. The number of para-hydroxylation sites is 2. The molecule has 0 aromatic heterocycles. The van der Waals surface area contributed by atoms with Gasteiger partial charge in [-0.3, -0.25) is 9.98 Å². The molecule has 0 amide bonds. The largest absolute Gasteiger partial charge is 0.250 e. The topological polar surface area (TPSA) is 44.6 Å². The first-order chi connectivity index (χ1) is 6.98. The van der Waals surface area contributed by atoms with Crippen LogP contribution in [0.15, 0.2) is 34.3 Å². The van der Waals surface area contributed by atoms with Crippen LogP contribution in [0.1, 0.15) is 20.8 Å². The fourth-order valence-electron chi connectivity index (χ4n) is 1.69. The second-order valence-electron chi connectivity index (χ2n) is 4.92. The molecule has 0 N–H and O–H groups in total. The smallest absolute Gasteiger partial charge is 0.182 e. The molecule has 1 aromatic carbocycles. The highest BCUT2D eigenvalue weighted by molar-refractivity contribution is 5.10. The summed E-state index contributed by atoms with van der Waals surface area (Å²) in [6.45, 7) is 5.71. The van der Waals surface area contributed by atoms with Crippen molar-refractivity contribution in [3.8, 4) is 0 Å². The van der Waals surface area contributed by atoms with Crippen LogP contribution in [0.3, 0.4) is 0 Å². The molecule has 1 aromatic rings. The molecule has 2 rings (SSSR count). The predicted octanol–water partition coefficient (Wildman–Crippen LogP) is 1.11. The van der Waals surface area contributed by atoms with Crippen molar-refractivity contribution in [3.63, 3.8) is 0 Å². The molecule has 15 heavy (non-hydrogen) atoms. The normalized spacial score (nSPS) is 17.9. The van der Waals surface area contributed by atoms with Crippen LogP contribution < -0.4 is 10.7 Å². The number of hydrogen-bond acceptors (Lipinski definition) is 2. The third kappa shape index (κ3) is 1.47. The van der Waals surface area contributed by atoms with E-state index in [1.54, 1.807) is 0 Å². The number of fused-ring (bicyclic) bond motifs is 1. The molecule has 79 valence electrons. The number of hydrogen-bond donors (Lipinski definition) is 0. The summed E-state index contributed by atoms with van der Waals surface area (Å²) in [4.78, 5) is 8.99. The van der Waals surface area contributed by atoms with Crippen LogP contribution in [-0.4, -0.2) is 12.3 Å². The Balaban J connectivity index is 2.66. The van der Waals surface area contributed by atoms with Crippen LogP contribution >= 0.6 is 0 Å². The monoisotopic (exact) mass is 203 g/mol. The van der Waals surface area contributed by atoms with E-state index in [-0.39, 0.29) is 12.0 Å². The molecular weight excluding hydrogens is 188 g/mol. The Morgan fingerprint density at radius 1 is 1.13 bits per heavy atom. The highest BCUT2D eigenvalue weighted by atomic mass is 16.3. The third-order valence-electron chi connectivity index (χ3n) is 2.89. The average molecular weight is 203 g/mol. The summed E-state index contributed by atoms with van der Waals surface area (Å²) in [6, 6.07) is 7.65. The van der Waals surface area contributed by atoms with E-state index in [9.17, 15) is 5.11 Å². The summed E-state index contributed by atoms with van der Waals surface area (Å²) in [5.41, 5.74) is -1.07. The zero-order valence-electron chi connectivity index (χ0n) is 9.32. The van der Waals surface area contributed by atoms with Crippen LogP contribution in [-0.2, 0) is 5.11 Å². The fraction of sp³-hybridized carbons (Fsp3) is 0.500. The van der Waals surface area contributed by atoms with Crippen molar-refractivity contribution < 1.29 is 5.11 Å². The number of benzene rings is 1. The maximum atomic E-state index is 11.4. The van der Waals surface area contributed by atoms with Gasteiger partial charge in [-0.1, -0.05) is 32.9 Å². The van der Waals surface area contributed by atoms with Crippen molar-refractivity contribution >= 4 is 0 Å². The van der Waals surface area contributed by atoms with Gasteiger partial charge in [-0.25, -0.2) is 5.11 Å². The highest BCUT2D eigenvalue weighted by Crippen LogP contribution is 2.35. The van der Waals surface area contributed by atoms with E-state index in [0.29, 0.717) is 0 Å². The van der Waals surface area contributed by atoms with Gasteiger partial charge in [0, 0.05) is 5.41 Å². The molecule has 0 unspecified atom stereocenters. The van der Waals surface area contributed by atoms with Gasteiger partial charge in [0.15, 0.2) is 5.66 Å². The van der Waals surface area contributed by atoms with Gasteiger partial charge in [-0.15, -0.1) is 0 Å². The maximum absolute atomic E-state index is 11.4.